The van der Waals surface area contributed by atoms with Gasteiger partial charge >= 0.3 is 5.97 Å². The second-order valence-electron chi connectivity index (χ2n) is 10.2. The molecule has 0 fully saturated rings. The number of hydrogen-bond acceptors (Lipinski definition) is 8. The molecule has 1 heterocycles. The Labute approximate surface area is 253 Å². The average molecular weight is 637 g/mol. The fraction of sp³-hybridized carbons (Fsp3) is 0.312. The fourth-order valence-corrected chi connectivity index (χ4v) is 4.87. The number of carbonyl (C=O) groups is 1. The summed E-state index contributed by atoms with van der Waals surface area (Å²) in [4.78, 5) is 30.6. The lowest BCUT2D eigenvalue weighted by atomic mass is 9.96. The smallest absolute Gasteiger partial charge is 0.344 e. The summed E-state index contributed by atoms with van der Waals surface area (Å²) in [6, 6.07) is 14.5. The van der Waals surface area contributed by atoms with Crippen LogP contribution in [-0.2, 0) is 9.53 Å². The molecule has 4 aromatic rings. The van der Waals surface area contributed by atoms with E-state index >= 15 is 0 Å². The zero-order valence-corrected chi connectivity index (χ0v) is 26.3. The van der Waals surface area contributed by atoms with E-state index in [0.29, 0.717) is 38.3 Å². The van der Waals surface area contributed by atoms with E-state index in [9.17, 15) is 9.59 Å². The lowest BCUT2D eigenvalue weighted by molar-refractivity contribution is -0.149. The Hall–Kier alpha value is -4.18. The number of esters is 1. The zero-order valence-electron chi connectivity index (χ0n) is 24.7. The molecule has 0 spiro atoms. The highest BCUT2D eigenvalue weighted by molar-refractivity contribution is 9.10. The number of aryl methyl sites for hydroxylation is 1. The number of rotatable bonds is 10. The van der Waals surface area contributed by atoms with Gasteiger partial charge in [-0.25, -0.2) is 9.78 Å². The van der Waals surface area contributed by atoms with E-state index in [0.717, 1.165) is 22.4 Å². The van der Waals surface area contributed by atoms with Crippen LogP contribution in [0.2, 0.25) is 0 Å². The Morgan fingerprint density at radius 2 is 1.74 bits per heavy atom. The van der Waals surface area contributed by atoms with Gasteiger partial charge < -0.3 is 18.9 Å². The molecule has 220 valence electrons. The Kier molecular flexibility index (Phi) is 9.67. The molecule has 0 bridgehead atoms. The fourth-order valence-electron chi connectivity index (χ4n) is 4.45. The van der Waals surface area contributed by atoms with E-state index in [2.05, 4.69) is 34.9 Å². The van der Waals surface area contributed by atoms with Crippen molar-refractivity contribution < 1.29 is 23.7 Å². The summed E-state index contributed by atoms with van der Waals surface area (Å²) in [5.74, 6) is 1.61. The van der Waals surface area contributed by atoms with Crippen molar-refractivity contribution in [2.24, 2.45) is 5.10 Å². The molecule has 0 aliphatic carbocycles. The maximum Gasteiger partial charge on any atom is 0.344 e. The summed E-state index contributed by atoms with van der Waals surface area (Å²) in [6.07, 6.45) is 1.30. The number of halogens is 1. The molecule has 0 radical (unpaired) electrons. The Morgan fingerprint density at radius 1 is 1.02 bits per heavy atom. The summed E-state index contributed by atoms with van der Waals surface area (Å²) in [6.45, 7) is 9.39. The molecule has 9 nitrogen and oxygen atoms in total. The average Bonchev–Trinajstić information content (AvgIpc) is 2.95. The third-order valence-corrected chi connectivity index (χ3v) is 7.19. The molecule has 10 heteroatoms. The molecule has 0 unspecified atom stereocenters. The van der Waals surface area contributed by atoms with Crippen molar-refractivity contribution in [3.8, 4) is 28.6 Å². The molecule has 0 N–H and O–H groups in total. The topological polar surface area (TPSA) is 101 Å². The number of methoxy groups -OCH3 is 2. The van der Waals surface area contributed by atoms with Crippen LogP contribution in [0.3, 0.4) is 0 Å². The van der Waals surface area contributed by atoms with Crippen LogP contribution in [0.4, 0.5) is 0 Å². The van der Waals surface area contributed by atoms with Crippen LogP contribution in [-0.4, -0.2) is 48.8 Å². The quantitative estimate of drug-likeness (QED) is 0.145. The first kappa shape index (κ1) is 30.8. The summed E-state index contributed by atoms with van der Waals surface area (Å²) in [5, 5.41) is 5.07. The van der Waals surface area contributed by atoms with E-state index in [4.69, 9.17) is 23.9 Å². The molecule has 0 aliphatic heterocycles. The second kappa shape index (κ2) is 13.2. The van der Waals surface area contributed by atoms with Crippen molar-refractivity contribution >= 4 is 39.0 Å². The number of carbonyl (C=O) groups excluding carboxylic acids is 1. The van der Waals surface area contributed by atoms with Crippen molar-refractivity contribution in [3.63, 3.8) is 0 Å². The maximum atomic E-state index is 13.8. The Morgan fingerprint density at radius 3 is 2.40 bits per heavy atom. The molecule has 0 atom stereocenters. The highest BCUT2D eigenvalue weighted by Gasteiger charge is 2.19. The SMILES string of the molecule is COc1cc(C=Nn2c(-c3cc(C(C)C)c(OC)cc3C)nc3ccccc3c2=O)c(Br)cc1OCC(=O)OC(C)C. The monoisotopic (exact) mass is 635 g/mol. The van der Waals surface area contributed by atoms with Gasteiger partial charge in [-0.05, 0) is 90.1 Å². The van der Waals surface area contributed by atoms with Crippen LogP contribution in [0.5, 0.6) is 17.2 Å². The Balaban J connectivity index is 1.82. The molecule has 0 saturated carbocycles. The maximum absolute atomic E-state index is 13.8. The number of benzene rings is 3. The predicted octanol–water partition coefficient (Wildman–Crippen LogP) is 6.49. The number of aromatic nitrogens is 2. The first-order chi connectivity index (χ1) is 20.0. The molecule has 0 amide bonds. The number of hydrogen-bond donors (Lipinski definition) is 0. The highest BCUT2D eigenvalue weighted by Crippen LogP contribution is 2.35. The van der Waals surface area contributed by atoms with Crippen molar-refractivity contribution in [2.45, 2.75) is 46.6 Å². The van der Waals surface area contributed by atoms with Crippen molar-refractivity contribution in [1.29, 1.82) is 0 Å². The first-order valence-corrected chi connectivity index (χ1v) is 14.3. The second-order valence-corrected chi connectivity index (χ2v) is 11.1. The Bertz CT molecular complexity index is 1710. The molecule has 4 rings (SSSR count). The van der Waals surface area contributed by atoms with Gasteiger partial charge in [0.1, 0.15) is 5.75 Å². The van der Waals surface area contributed by atoms with Gasteiger partial charge in [0.25, 0.3) is 5.56 Å². The van der Waals surface area contributed by atoms with Crippen LogP contribution in [0, 0.1) is 6.92 Å². The van der Waals surface area contributed by atoms with Gasteiger partial charge in [-0.3, -0.25) is 4.79 Å². The summed E-state index contributed by atoms with van der Waals surface area (Å²) < 4.78 is 23.8. The predicted molar refractivity (Wildman–Crippen MR) is 167 cm³/mol. The van der Waals surface area contributed by atoms with Crippen LogP contribution >= 0.6 is 15.9 Å². The van der Waals surface area contributed by atoms with E-state index in [1.807, 2.05) is 31.2 Å². The number of nitrogens with zero attached hydrogens (tertiary/aromatic N) is 3. The third kappa shape index (κ3) is 6.65. The number of para-hydroxylation sites is 1. The molecule has 1 aromatic heterocycles. The van der Waals surface area contributed by atoms with E-state index < -0.39 is 5.97 Å². The lowest BCUT2D eigenvalue weighted by Crippen LogP contribution is -2.21. The van der Waals surface area contributed by atoms with Crippen molar-refractivity contribution in [2.75, 3.05) is 20.8 Å². The van der Waals surface area contributed by atoms with Crippen molar-refractivity contribution in [3.05, 3.63) is 80.0 Å². The van der Waals surface area contributed by atoms with Gasteiger partial charge in [0, 0.05) is 15.6 Å². The van der Waals surface area contributed by atoms with E-state index in [1.165, 1.54) is 11.8 Å². The van der Waals surface area contributed by atoms with Gasteiger partial charge in [-0.1, -0.05) is 26.0 Å². The van der Waals surface area contributed by atoms with E-state index in [1.54, 1.807) is 51.4 Å². The van der Waals surface area contributed by atoms with Gasteiger partial charge in [0.2, 0.25) is 0 Å². The first-order valence-electron chi connectivity index (χ1n) is 13.5. The lowest BCUT2D eigenvalue weighted by Gasteiger charge is -2.17. The molecule has 0 aliphatic rings. The van der Waals surface area contributed by atoms with E-state index in [-0.39, 0.29) is 24.2 Å². The molecule has 0 saturated heterocycles. The largest absolute Gasteiger partial charge is 0.496 e. The molecule has 42 heavy (non-hydrogen) atoms. The van der Waals surface area contributed by atoms with Gasteiger partial charge in [0.05, 0.1) is 37.4 Å². The van der Waals surface area contributed by atoms with Gasteiger partial charge in [-0.2, -0.15) is 9.78 Å². The van der Waals surface area contributed by atoms with Crippen LogP contribution in [0.25, 0.3) is 22.3 Å². The van der Waals surface area contributed by atoms with Crippen LogP contribution in [0.1, 0.15) is 50.3 Å². The zero-order chi connectivity index (χ0) is 30.6. The number of fused-ring (bicyclic) bond motifs is 1. The minimum Gasteiger partial charge on any atom is -0.496 e. The minimum atomic E-state index is -0.487. The number of ether oxygens (including phenoxy) is 4. The standard InChI is InChI=1S/C32H34BrN3O6/c1-18(2)23-14-24(20(5)12-27(23)39-6)31-35-26-11-9-8-10-22(26)32(38)36(31)34-16-21-13-28(40-7)29(15-25(21)33)41-17-30(37)42-19(3)4/h8-16,18-19H,17H2,1-7H3. The van der Waals surface area contributed by atoms with Gasteiger partial charge in [-0.15, -0.1) is 0 Å². The molecular formula is C32H34BrN3O6. The summed E-state index contributed by atoms with van der Waals surface area (Å²) in [7, 11) is 3.15. The van der Waals surface area contributed by atoms with Crippen molar-refractivity contribution in [1.82, 2.24) is 9.66 Å². The minimum absolute atomic E-state index is 0.180. The molecular weight excluding hydrogens is 602 g/mol. The van der Waals surface area contributed by atoms with Gasteiger partial charge in [0.15, 0.2) is 23.9 Å². The normalized spacial score (nSPS) is 11.5. The summed E-state index contributed by atoms with van der Waals surface area (Å²) >= 11 is 3.55. The van der Waals surface area contributed by atoms with Crippen LogP contribution in [0.15, 0.2) is 62.9 Å². The highest BCUT2D eigenvalue weighted by atomic mass is 79.9. The third-order valence-electron chi connectivity index (χ3n) is 6.50. The molecule has 3 aromatic carbocycles. The summed E-state index contributed by atoms with van der Waals surface area (Å²) in [5.41, 5.74) is 3.54. The van der Waals surface area contributed by atoms with Crippen LogP contribution < -0.4 is 19.8 Å².